The molecule has 0 spiro atoms. The molecular formula is C17H14N2S. The third kappa shape index (κ3) is 1.53. The third-order valence-corrected chi connectivity index (χ3v) is 4.66. The quantitative estimate of drug-likeness (QED) is 0.486. The van der Waals surface area contributed by atoms with E-state index in [0.29, 0.717) is 0 Å². The fourth-order valence-corrected chi connectivity index (χ4v) is 3.43. The minimum atomic E-state index is 1.03. The second-order valence-corrected chi connectivity index (χ2v) is 5.99. The molecule has 20 heavy (non-hydrogen) atoms. The Morgan fingerprint density at radius 3 is 2.55 bits per heavy atom. The number of hydrogen-bond acceptors (Lipinski definition) is 2. The summed E-state index contributed by atoms with van der Waals surface area (Å²) in [5, 5.41) is 5.65. The summed E-state index contributed by atoms with van der Waals surface area (Å²) in [6.07, 6.45) is 1.86. The molecule has 0 atom stereocenters. The van der Waals surface area contributed by atoms with Crippen molar-refractivity contribution in [1.82, 2.24) is 9.55 Å². The van der Waals surface area contributed by atoms with E-state index >= 15 is 0 Å². The molecular weight excluding hydrogens is 264 g/mol. The molecule has 98 valence electrons. The van der Waals surface area contributed by atoms with Gasteiger partial charge in [-0.2, -0.15) is 0 Å². The number of aryl methyl sites for hydroxylation is 2. The van der Waals surface area contributed by atoms with Crippen LogP contribution < -0.4 is 0 Å². The van der Waals surface area contributed by atoms with Crippen LogP contribution in [0, 0.1) is 13.8 Å². The Morgan fingerprint density at radius 1 is 0.950 bits per heavy atom. The molecule has 0 saturated carbocycles. The monoisotopic (exact) mass is 278 g/mol. The van der Waals surface area contributed by atoms with Crippen molar-refractivity contribution < 1.29 is 0 Å². The second kappa shape index (κ2) is 4.18. The van der Waals surface area contributed by atoms with E-state index in [1.165, 1.54) is 32.9 Å². The van der Waals surface area contributed by atoms with Crippen LogP contribution in [0.4, 0.5) is 0 Å². The first-order valence-corrected chi connectivity index (χ1v) is 7.54. The molecule has 4 rings (SSSR count). The summed E-state index contributed by atoms with van der Waals surface area (Å²) in [6.45, 7) is 4.34. The van der Waals surface area contributed by atoms with Crippen LogP contribution in [-0.4, -0.2) is 9.55 Å². The lowest BCUT2D eigenvalue weighted by Gasteiger charge is -2.04. The standard InChI is InChI=1S/C17H14N2S/c1-11-9-14-13-5-3-4-6-15(13)19(16(14)10-12(11)2)17-18-7-8-20-17/h3-10H,1-2H3. The number of rotatable bonds is 1. The zero-order valence-corrected chi connectivity index (χ0v) is 12.2. The van der Waals surface area contributed by atoms with Gasteiger partial charge in [0.25, 0.3) is 0 Å². The Morgan fingerprint density at radius 2 is 1.75 bits per heavy atom. The van der Waals surface area contributed by atoms with E-state index in [4.69, 9.17) is 0 Å². The lowest BCUT2D eigenvalue weighted by molar-refractivity contribution is 1.13. The second-order valence-electron chi connectivity index (χ2n) is 5.12. The van der Waals surface area contributed by atoms with Crippen LogP contribution in [0.1, 0.15) is 11.1 Å². The van der Waals surface area contributed by atoms with Crippen molar-refractivity contribution in [2.75, 3.05) is 0 Å². The average Bonchev–Trinajstić information content (AvgIpc) is 3.06. The summed E-state index contributed by atoms with van der Waals surface area (Å²) in [5.74, 6) is 0. The van der Waals surface area contributed by atoms with Gasteiger partial charge in [-0.25, -0.2) is 4.98 Å². The normalized spacial score (nSPS) is 11.5. The Bertz CT molecular complexity index is 917. The molecule has 0 unspecified atom stereocenters. The first-order chi connectivity index (χ1) is 9.75. The SMILES string of the molecule is Cc1cc2c3ccccc3n(-c3nccs3)c2cc1C. The zero-order chi connectivity index (χ0) is 13.7. The van der Waals surface area contributed by atoms with Gasteiger partial charge in [-0.15, -0.1) is 11.3 Å². The van der Waals surface area contributed by atoms with Crippen molar-refractivity contribution in [1.29, 1.82) is 0 Å². The minimum Gasteiger partial charge on any atom is -0.285 e. The maximum Gasteiger partial charge on any atom is 0.194 e. The van der Waals surface area contributed by atoms with Crippen LogP contribution in [0.25, 0.3) is 26.9 Å². The Hall–Kier alpha value is -2.13. The van der Waals surface area contributed by atoms with Gasteiger partial charge in [0.05, 0.1) is 11.0 Å². The lowest BCUT2D eigenvalue weighted by atomic mass is 10.1. The molecule has 2 aromatic heterocycles. The van der Waals surface area contributed by atoms with Crippen molar-refractivity contribution in [3.8, 4) is 5.13 Å². The van der Waals surface area contributed by atoms with E-state index in [-0.39, 0.29) is 0 Å². The molecule has 0 saturated heterocycles. The number of fused-ring (bicyclic) bond motifs is 3. The molecule has 2 heterocycles. The van der Waals surface area contributed by atoms with Gasteiger partial charge < -0.3 is 0 Å². The van der Waals surface area contributed by atoms with Crippen molar-refractivity contribution in [3.63, 3.8) is 0 Å². The van der Waals surface area contributed by atoms with Crippen LogP contribution in [0.5, 0.6) is 0 Å². The first kappa shape index (κ1) is 11.7. The van der Waals surface area contributed by atoms with Crippen LogP contribution in [0.15, 0.2) is 48.0 Å². The molecule has 0 N–H and O–H groups in total. The number of para-hydroxylation sites is 1. The zero-order valence-electron chi connectivity index (χ0n) is 11.4. The lowest BCUT2D eigenvalue weighted by Crippen LogP contribution is -1.93. The van der Waals surface area contributed by atoms with Gasteiger partial charge in [-0.05, 0) is 43.2 Å². The summed E-state index contributed by atoms with van der Waals surface area (Å²) in [7, 11) is 0. The largest absolute Gasteiger partial charge is 0.285 e. The van der Waals surface area contributed by atoms with Crippen molar-refractivity contribution in [2.45, 2.75) is 13.8 Å². The van der Waals surface area contributed by atoms with Crippen molar-refractivity contribution in [2.24, 2.45) is 0 Å². The molecule has 0 aliphatic carbocycles. The highest BCUT2D eigenvalue weighted by atomic mass is 32.1. The van der Waals surface area contributed by atoms with E-state index in [1.54, 1.807) is 11.3 Å². The summed E-state index contributed by atoms with van der Waals surface area (Å²) < 4.78 is 2.27. The van der Waals surface area contributed by atoms with E-state index in [2.05, 4.69) is 59.8 Å². The van der Waals surface area contributed by atoms with Gasteiger partial charge in [0.1, 0.15) is 0 Å². The summed E-state index contributed by atoms with van der Waals surface area (Å²) in [5.41, 5.74) is 5.12. The van der Waals surface area contributed by atoms with E-state index in [0.717, 1.165) is 5.13 Å². The van der Waals surface area contributed by atoms with Crippen LogP contribution in [-0.2, 0) is 0 Å². The number of aromatic nitrogens is 2. The number of nitrogens with zero attached hydrogens (tertiary/aromatic N) is 2. The number of thiazole rings is 1. The predicted octanol–water partition coefficient (Wildman–Crippen LogP) is 4.86. The Labute approximate surface area is 121 Å². The topological polar surface area (TPSA) is 17.8 Å². The molecule has 0 aliphatic rings. The predicted molar refractivity (Wildman–Crippen MR) is 85.9 cm³/mol. The van der Waals surface area contributed by atoms with Gasteiger partial charge in [0.2, 0.25) is 0 Å². The van der Waals surface area contributed by atoms with Gasteiger partial charge in [-0.1, -0.05) is 18.2 Å². The van der Waals surface area contributed by atoms with Gasteiger partial charge in [0, 0.05) is 22.3 Å². The van der Waals surface area contributed by atoms with E-state index < -0.39 is 0 Å². The molecule has 2 nitrogen and oxygen atoms in total. The average molecular weight is 278 g/mol. The van der Waals surface area contributed by atoms with Crippen molar-refractivity contribution >= 4 is 33.1 Å². The minimum absolute atomic E-state index is 1.03. The molecule has 2 aromatic carbocycles. The number of benzene rings is 2. The Kier molecular flexibility index (Phi) is 2.44. The van der Waals surface area contributed by atoms with Crippen LogP contribution >= 0.6 is 11.3 Å². The molecule has 4 aromatic rings. The highest BCUT2D eigenvalue weighted by Crippen LogP contribution is 2.33. The highest BCUT2D eigenvalue weighted by molar-refractivity contribution is 7.12. The molecule has 3 heteroatoms. The fraction of sp³-hybridized carbons (Fsp3) is 0.118. The summed E-state index contributed by atoms with van der Waals surface area (Å²) >= 11 is 1.67. The molecule has 0 aliphatic heterocycles. The van der Waals surface area contributed by atoms with Gasteiger partial charge in [0.15, 0.2) is 5.13 Å². The molecule has 0 bridgehead atoms. The first-order valence-electron chi connectivity index (χ1n) is 6.66. The molecule has 0 fully saturated rings. The van der Waals surface area contributed by atoms with Crippen LogP contribution in [0.2, 0.25) is 0 Å². The smallest absolute Gasteiger partial charge is 0.194 e. The highest BCUT2D eigenvalue weighted by Gasteiger charge is 2.13. The maximum absolute atomic E-state index is 4.49. The number of hydrogen-bond donors (Lipinski definition) is 0. The maximum atomic E-state index is 4.49. The summed E-state index contributed by atoms with van der Waals surface area (Å²) in [6, 6.07) is 13.1. The van der Waals surface area contributed by atoms with Gasteiger partial charge >= 0.3 is 0 Å². The fourth-order valence-electron chi connectivity index (χ4n) is 2.76. The van der Waals surface area contributed by atoms with Crippen molar-refractivity contribution in [3.05, 3.63) is 59.1 Å². The van der Waals surface area contributed by atoms with Gasteiger partial charge in [-0.3, -0.25) is 4.57 Å². The van der Waals surface area contributed by atoms with Crippen LogP contribution in [0.3, 0.4) is 0 Å². The summed E-state index contributed by atoms with van der Waals surface area (Å²) in [4.78, 5) is 4.49. The molecule has 0 radical (unpaired) electrons. The third-order valence-electron chi connectivity index (χ3n) is 3.90. The van der Waals surface area contributed by atoms with E-state index in [1.807, 2.05) is 11.6 Å². The van der Waals surface area contributed by atoms with E-state index in [9.17, 15) is 0 Å². The molecule has 0 amide bonds. The Balaban J connectivity index is 2.26.